The van der Waals surface area contributed by atoms with Crippen molar-refractivity contribution in [3.8, 4) is 0 Å². The van der Waals surface area contributed by atoms with E-state index in [0.29, 0.717) is 29.0 Å². The summed E-state index contributed by atoms with van der Waals surface area (Å²) in [6.07, 6.45) is 11.7. The first kappa shape index (κ1) is 19.6. The minimum Gasteiger partial charge on any atom is -0.316 e. The van der Waals surface area contributed by atoms with E-state index in [1.807, 2.05) is 0 Å². The van der Waals surface area contributed by atoms with E-state index in [2.05, 4.69) is 30.9 Å². The monoisotopic (exact) mass is 403 g/mol. The van der Waals surface area contributed by atoms with E-state index in [1.54, 1.807) is 0 Å². The largest absolute Gasteiger partial charge is 0.316 e. The first-order valence-electron chi connectivity index (χ1n) is 11.8. The second-order valence-corrected chi connectivity index (χ2v) is 12.7. The quantitative estimate of drug-likeness (QED) is 0.706. The zero-order valence-electron chi connectivity index (χ0n) is 17.6. The van der Waals surface area contributed by atoms with Crippen LogP contribution in [0.3, 0.4) is 0 Å². The molecule has 4 saturated carbocycles. The Morgan fingerprint density at radius 3 is 2.61 bits per heavy atom. The lowest BCUT2D eigenvalue weighted by Gasteiger charge is -2.61. The number of hydrogen-bond donors (Lipinski definition) is 1. The maximum Gasteiger partial charge on any atom is 0.139 e. The molecule has 4 heteroatoms. The fourth-order valence-corrected chi connectivity index (χ4v) is 10.0. The minimum atomic E-state index is -0.0830. The molecular weight excluding hydrogens is 366 g/mol. The number of hydrogen-bond acceptors (Lipinski definition) is 4. The molecule has 5 fully saturated rings. The van der Waals surface area contributed by atoms with Crippen molar-refractivity contribution in [1.29, 1.82) is 0 Å². The lowest BCUT2D eigenvalue weighted by molar-refractivity contribution is -0.149. The normalized spacial score (nSPS) is 53.4. The fourth-order valence-electron chi connectivity index (χ4n) is 8.43. The lowest BCUT2D eigenvalue weighted by Crippen LogP contribution is -2.56. The van der Waals surface area contributed by atoms with Crippen molar-refractivity contribution in [2.24, 2.45) is 40.4 Å². The highest BCUT2D eigenvalue weighted by Gasteiger charge is 2.62. The summed E-state index contributed by atoms with van der Waals surface area (Å²) in [6, 6.07) is 0. The van der Waals surface area contributed by atoms with Gasteiger partial charge in [0.05, 0.1) is 0 Å². The highest BCUT2D eigenvalue weighted by atomic mass is 32.2. The number of thioether (sulfide) groups is 1. The highest BCUT2D eigenvalue weighted by molar-refractivity contribution is 8.00. The predicted molar refractivity (Wildman–Crippen MR) is 114 cm³/mol. The maximum atomic E-state index is 12.6. The Hall–Kier alpha value is -0.350. The molecule has 1 aliphatic heterocycles. The van der Waals surface area contributed by atoms with Crippen LogP contribution in [0.25, 0.3) is 0 Å². The molecule has 9 atom stereocenters. The summed E-state index contributed by atoms with van der Waals surface area (Å²) in [6.45, 7) is 7.11. The number of fused-ring (bicyclic) bond motifs is 5. The summed E-state index contributed by atoms with van der Waals surface area (Å²) in [5.74, 6) is 3.16. The molecule has 0 spiro atoms. The van der Waals surface area contributed by atoms with E-state index in [4.69, 9.17) is 0 Å². The van der Waals surface area contributed by atoms with E-state index in [-0.39, 0.29) is 11.3 Å². The van der Waals surface area contributed by atoms with Gasteiger partial charge in [0.1, 0.15) is 12.1 Å². The maximum absolute atomic E-state index is 12.6. The molecule has 1 N–H and O–H groups in total. The number of rotatable bonds is 3. The van der Waals surface area contributed by atoms with E-state index in [0.717, 1.165) is 42.1 Å². The van der Waals surface area contributed by atoms with Crippen molar-refractivity contribution in [3.63, 3.8) is 0 Å². The van der Waals surface area contributed by atoms with Crippen molar-refractivity contribution in [3.05, 3.63) is 0 Å². The number of aldehydes is 1. The first-order valence-corrected chi connectivity index (χ1v) is 12.7. The Balaban J connectivity index is 1.38. The topological polar surface area (TPSA) is 46.2 Å². The molecule has 0 radical (unpaired) electrons. The molecule has 5 aliphatic rings. The molecular formula is C24H37NO2S. The van der Waals surface area contributed by atoms with Gasteiger partial charge in [0, 0.05) is 34.8 Å². The summed E-state index contributed by atoms with van der Waals surface area (Å²) in [7, 11) is 0. The van der Waals surface area contributed by atoms with Crippen LogP contribution in [-0.4, -0.2) is 35.7 Å². The van der Waals surface area contributed by atoms with Crippen molar-refractivity contribution < 1.29 is 9.59 Å². The van der Waals surface area contributed by atoms with Crippen LogP contribution in [0, 0.1) is 40.4 Å². The van der Waals surface area contributed by atoms with Gasteiger partial charge in [-0.1, -0.05) is 13.8 Å². The third-order valence-electron chi connectivity index (χ3n) is 10.00. The molecule has 156 valence electrons. The fraction of sp³-hybridized carbons (Fsp3) is 0.917. The minimum absolute atomic E-state index is 0.0830. The van der Waals surface area contributed by atoms with Gasteiger partial charge in [-0.15, -0.1) is 0 Å². The Morgan fingerprint density at radius 1 is 1.00 bits per heavy atom. The second-order valence-electron chi connectivity index (χ2n) is 11.1. The van der Waals surface area contributed by atoms with Crippen LogP contribution in [-0.2, 0) is 9.59 Å². The average molecular weight is 404 g/mol. The smallest absolute Gasteiger partial charge is 0.139 e. The van der Waals surface area contributed by atoms with Crippen LogP contribution in [0.5, 0.6) is 0 Å². The van der Waals surface area contributed by atoms with Crippen LogP contribution >= 0.6 is 11.8 Å². The van der Waals surface area contributed by atoms with Gasteiger partial charge in [0.15, 0.2) is 0 Å². The van der Waals surface area contributed by atoms with Gasteiger partial charge in [-0.25, -0.2) is 0 Å². The molecule has 1 heterocycles. The van der Waals surface area contributed by atoms with Gasteiger partial charge in [-0.05, 0) is 87.0 Å². The lowest BCUT2D eigenvalue weighted by atomic mass is 9.43. The summed E-state index contributed by atoms with van der Waals surface area (Å²) in [5, 5.41) is 5.02. The van der Waals surface area contributed by atoms with E-state index in [9.17, 15) is 9.59 Å². The van der Waals surface area contributed by atoms with E-state index < -0.39 is 0 Å². The molecule has 5 rings (SSSR count). The molecule has 0 amide bonds. The van der Waals surface area contributed by atoms with Gasteiger partial charge in [-0.3, -0.25) is 4.79 Å². The third-order valence-corrected chi connectivity index (χ3v) is 11.6. The van der Waals surface area contributed by atoms with Crippen molar-refractivity contribution >= 4 is 23.8 Å². The highest BCUT2D eigenvalue weighted by Crippen LogP contribution is 2.67. The predicted octanol–water partition coefficient (Wildman–Crippen LogP) is 4.49. The number of ketones is 1. The van der Waals surface area contributed by atoms with Crippen LogP contribution in [0.4, 0.5) is 0 Å². The number of Topliss-reactive ketones (excluding diaryl/α,β-unsaturated/α-hetero) is 1. The Morgan fingerprint density at radius 2 is 1.86 bits per heavy atom. The molecule has 1 saturated heterocycles. The van der Waals surface area contributed by atoms with Gasteiger partial charge in [0.2, 0.25) is 0 Å². The van der Waals surface area contributed by atoms with Crippen molar-refractivity contribution in [1.82, 2.24) is 5.32 Å². The Kier molecular flexibility index (Phi) is 4.98. The van der Waals surface area contributed by atoms with Gasteiger partial charge in [0.25, 0.3) is 0 Å². The van der Waals surface area contributed by atoms with Gasteiger partial charge in [-0.2, -0.15) is 11.8 Å². The molecule has 0 aromatic heterocycles. The van der Waals surface area contributed by atoms with Crippen molar-refractivity contribution in [2.75, 3.05) is 13.1 Å². The van der Waals surface area contributed by atoms with E-state index >= 15 is 0 Å². The summed E-state index contributed by atoms with van der Waals surface area (Å²) >= 11 is 2.22. The SMILES string of the molecule is C[C@]12CC[C@@H](S[C@@H]3CCNC3)CC1C(C=O)C[C@@H]1[C@@H]2CC[C@]2(C)C(=O)CC[C@@H]12. The molecule has 3 nitrogen and oxygen atoms in total. The number of carbonyl (C=O) groups is 2. The van der Waals surface area contributed by atoms with Crippen LogP contribution in [0.1, 0.15) is 71.6 Å². The van der Waals surface area contributed by atoms with Crippen molar-refractivity contribution in [2.45, 2.75) is 82.1 Å². The zero-order valence-corrected chi connectivity index (χ0v) is 18.4. The Labute approximate surface area is 174 Å². The molecule has 2 unspecified atom stereocenters. The van der Waals surface area contributed by atoms with Gasteiger partial charge < -0.3 is 10.1 Å². The number of carbonyl (C=O) groups excluding carboxylic acids is 2. The summed E-state index contributed by atoms with van der Waals surface area (Å²) in [4.78, 5) is 24.9. The molecule has 0 bridgehead atoms. The van der Waals surface area contributed by atoms with Crippen LogP contribution < -0.4 is 5.32 Å². The molecule has 4 aliphatic carbocycles. The summed E-state index contributed by atoms with van der Waals surface area (Å²) < 4.78 is 0. The Bertz CT molecular complexity index is 647. The molecule has 0 aromatic carbocycles. The average Bonchev–Trinajstić information content (AvgIpc) is 3.30. The third kappa shape index (κ3) is 2.87. The standard InChI is InChI=1S/C24H37NO2S/c1-23-8-5-16(28-17-7-10-25-13-17)12-21(23)15(14-26)11-18-19-3-4-22(27)24(19,2)9-6-20(18)23/h14-21,25H,3-13H2,1-2H3/t15?,16-,17-,18+,19+,20+,21?,23-,24+/m1/s1. The van der Waals surface area contributed by atoms with Crippen LogP contribution in [0.15, 0.2) is 0 Å². The second kappa shape index (κ2) is 7.11. The first-order chi connectivity index (χ1) is 13.5. The van der Waals surface area contributed by atoms with E-state index in [1.165, 1.54) is 51.5 Å². The van der Waals surface area contributed by atoms with Crippen LogP contribution in [0.2, 0.25) is 0 Å². The summed E-state index contributed by atoms with van der Waals surface area (Å²) in [5.41, 5.74) is 0.229. The molecule has 0 aromatic rings. The zero-order chi connectivity index (χ0) is 19.5. The molecule has 28 heavy (non-hydrogen) atoms. The number of nitrogens with one attached hydrogen (secondary N) is 1. The van der Waals surface area contributed by atoms with Gasteiger partial charge >= 0.3 is 0 Å².